The van der Waals surface area contributed by atoms with Gasteiger partial charge in [-0.15, -0.1) is 0 Å². The first-order valence-electron chi connectivity index (χ1n) is 5.45. The van der Waals surface area contributed by atoms with E-state index in [0.717, 1.165) is 9.87 Å². The maximum absolute atomic E-state index is 12.3. The summed E-state index contributed by atoms with van der Waals surface area (Å²) in [5, 5.41) is 11.3. The minimum Gasteiger partial charge on any atom is -0.409 e. The van der Waals surface area contributed by atoms with E-state index in [0.29, 0.717) is 0 Å². The van der Waals surface area contributed by atoms with Crippen molar-refractivity contribution in [3.8, 4) is 0 Å². The third-order valence-electron chi connectivity index (χ3n) is 2.45. The molecule has 0 aliphatic rings. The standard InChI is InChI=1S/C11H17N3O3S/c1-3-14(8-11(12)13-15)18(16,17)10-6-4-5-9(2)7-10/h4-7,15H,3,8H2,1-2H3,(H2,12,13). The van der Waals surface area contributed by atoms with Crippen molar-refractivity contribution in [1.29, 1.82) is 0 Å². The van der Waals surface area contributed by atoms with Crippen LogP contribution in [0.5, 0.6) is 0 Å². The van der Waals surface area contributed by atoms with Crippen molar-refractivity contribution in [2.24, 2.45) is 10.9 Å². The van der Waals surface area contributed by atoms with Crippen molar-refractivity contribution < 1.29 is 13.6 Å². The molecule has 100 valence electrons. The third-order valence-corrected chi connectivity index (χ3v) is 4.36. The van der Waals surface area contributed by atoms with Gasteiger partial charge in [0.1, 0.15) is 0 Å². The Labute approximate surface area is 107 Å². The van der Waals surface area contributed by atoms with E-state index >= 15 is 0 Å². The van der Waals surface area contributed by atoms with Crippen molar-refractivity contribution >= 4 is 15.9 Å². The number of sulfonamides is 1. The zero-order valence-electron chi connectivity index (χ0n) is 10.4. The first-order chi connectivity index (χ1) is 8.41. The second-order valence-electron chi connectivity index (χ2n) is 3.84. The van der Waals surface area contributed by atoms with Crippen LogP contribution in [-0.2, 0) is 10.0 Å². The fourth-order valence-corrected chi connectivity index (χ4v) is 3.03. The smallest absolute Gasteiger partial charge is 0.243 e. The zero-order chi connectivity index (χ0) is 13.8. The van der Waals surface area contributed by atoms with Crippen molar-refractivity contribution in [3.63, 3.8) is 0 Å². The van der Waals surface area contributed by atoms with Crippen LogP contribution in [0.2, 0.25) is 0 Å². The SMILES string of the molecule is CCN(CC(N)=NO)S(=O)(=O)c1cccc(C)c1. The normalized spacial score (nSPS) is 12.9. The van der Waals surface area contributed by atoms with Gasteiger partial charge in [0, 0.05) is 6.54 Å². The number of likely N-dealkylation sites (N-methyl/N-ethyl adjacent to an activating group) is 1. The minimum absolute atomic E-state index is 0.136. The van der Waals surface area contributed by atoms with Gasteiger partial charge in [-0.25, -0.2) is 8.42 Å². The molecule has 18 heavy (non-hydrogen) atoms. The molecule has 1 rings (SSSR count). The number of benzene rings is 1. The van der Waals surface area contributed by atoms with E-state index in [2.05, 4.69) is 5.16 Å². The van der Waals surface area contributed by atoms with Gasteiger partial charge in [0.2, 0.25) is 10.0 Å². The van der Waals surface area contributed by atoms with Gasteiger partial charge in [-0.2, -0.15) is 4.31 Å². The lowest BCUT2D eigenvalue weighted by atomic mass is 10.2. The summed E-state index contributed by atoms with van der Waals surface area (Å²) in [6.45, 7) is 3.62. The van der Waals surface area contributed by atoms with E-state index in [1.165, 1.54) is 6.07 Å². The van der Waals surface area contributed by atoms with Gasteiger partial charge in [-0.05, 0) is 24.6 Å². The fourth-order valence-electron chi connectivity index (χ4n) is 1.50. The number of hydrogen-bond acceptors (Lipinski definition) is 4. The molecule has 7 heteroatoms. The summed E-state index contributed by atoms with van der Waals surface area (Å²) in [4.78, 5) is 0.204. The molecule has 0 spiro atoms. The van der Waals surface area contributed by atoms with Crippen LogP contribution in [0.1, 0.15) is 12.5 Å². The minimum atomic E-state index is -3.62. The number of nitrogens with zero attached hydrogens (tertiary/aromatic N) is 2. The second kappa shape index (κ2) is 5.83. The quantitative estimate of drug-likeness (QED) is 0.357. The number of amidine groups is 1. The van der Waals surface area contributed by atoms with Gasteiger partial charge in [0.05, 0.1) is 11.4 Å². The highest BCUT2D eigenvalue weighted by Crippen LogP contribution is 2.16. The van der Waals surface area contributed by atoms with E-state index in [4.69, 9.17) is 10.9 Å². The monoisotopic (exact) mass is 271 g/mol. The maximum Gasteiger partial charge on any atom is 0.243 e. The zero-order valence-corrected chi connectivity index (χ0v) is 11.2. The number of hydrogen-bond donors (Lipinski definition) is 2. The summed E-state index contributed by atoms with van der Waals surface area (Å²) in [5.74, 6) is -0.145. The lowest BCUT2D eigenvalue weighted by molar-refractivity contribution is 0.315. The molecule has 0 radical (unpaired) electrons. The summed E-state index contributed by atoms with van der Waals surface area (Å²) in [6, 6.07) is 6.61. The molecule has 0 saturated carbocycles. The van der Waals surface area contributed by atoms with Crippen molar-refractivity contribution in [2.45, 2.75) is 18.7 Å². The van der Waals surface area contributed by atoms with Gasteiger partial charge in [-0.3, -0.25) is 0 Å². The molecule has 0 amide bonds. The van der Waals surface area contributed by atoms with Crippen LogP contribution in [-0.4, -0.2) is 36.9 Å². The van der Waals surface area contributed by atoms with Crippen molar-refractivity contribution in [1.82, 2.24) is 4.31 Å². The summed E-state index contributed by atoms with van der Waals surface area (Å²) in [7, 11) is -3.62. The van der Waals surface area contributed by atoms with Crippen LogP contribution in [0.3, 0.4) is 0 Å². The molecule has 0 heterocycles. The number of nitrogens with two attached hydrogens (primary N) is 1. The molecular weight excluding hydrogens is 254 g/mol. The molecule has 1 aromatic rings. The molecule has 0 fully saturated rings. The van der Waals surface area contributed by atoms with Gasteiger partial charge in [0.25, 0.3) is 0 Å². The second-order valence-corrected chi connectivity index (χ2v) is 5.78. The molecule has 6 nitrogen and oxygen atoms in total. The van der Waals surface area contributed by atoms with Gasteiger partial charge in [-0.1, -0.05) is 24.2 Å². The Morgan fingerprint density at radius 1 is 1.50 bits per heavy atom. The van der Waals surface area contributed by atoms with Gasteiger partial charge >= 0.3 is 0 Å². The Morgan fingerprint density at radius 3 is 2.67 bits per heavy atom. The maximum atomic E-state index is 12.3. The topological polar surface area (TPSA) is 96.0 Å². The van der Waals surface area contributed by atoms with E-state index in [9.17, 15) is 8.42 Å². The van der Waals surface area contributed by atoms with Gasteiger partial charge < -0.3 is 10.9 Å². The molecule has 0 aliphatic heterocycles. The highest BCUT2D eigenvalue weighted by atomic mass is 32.2. The largest absolute Gasteiger partial charge is 0.409 e. The van der Waals surface area contributed by atoms with Crippen LogP contribution >= 0.6 is 0 Å². The summed E-state index contributed by atoms with van der Waals surface area (Å²) in [5.41, 5.74) is 6.21. The Balaban J connectivity index is 3.11. The summed E-state index contributed by atoms with van der Waals surface area (Å²) in [6.07, 6.45) is 0. The molecule has 0 saturated heterocycles. The lowest BCUT2D eigenvalue weighted by Gasteiger charge is -2.19. The van der Waals surface area contributed by atoms with Crippen LogP contribution in [0.4, 0.5) is 0 Å². The van der Waals surface area contributed by atoms with Crippen molar-refractivity contribution in [3.05, 3.63) is 29.8 Å². The van der Waals surface area contributed by atoms with Crippen LogP contribution < -0.4 is 5.73 Å². The highest BCUT2D eigenvalue weighted by Gasteiger charge is 2.23. The molecule has 0 unspecified atom stereocenters. The van der Waals surface area contributed by atoms with Crippen LogP contribution in [0, 0.1) is 6.92 Å². The van der Waals surface area contributed by atoms with E-state index < -0.39 is 10.0 Å². The molecular formula is C11H17N3O3S. The average Bonchev–Trinajstić information content (AvgIpc) is 2.35. The Morgan fingerprint density at radius 2 is 2.17 bits per heavy atom. The Bertz CT molecular complexity index is 540. The van der Waals surface area contributed by atoms with Crippen LogP contribution in [0.15, 0.2) is 34.3 Å². The number of rotatable bonds is 5. The molecule has 0 aliphatic carbocycles. The molecule has 0 aromatic heterocycles. The van der Waals surface area contributed by atoms with Crippen molar-refractivity contribution in [2.75, 3.05) is 13.1 Å². The van der Waals surface area contributed by atoms with E-state index in [1.807, 2.05) is 13.0 Å². The highest BCUT2D eigenvalue weighted by molar-refractivity contribution is 7.89. The Kier molecular flexibility index (Phi) is 4.69. The fraction of sp³-hybridized carbons (Fsp3) is 0.364. The predicted octanol–water partition coefficient (Wildman–Crippen LogP) is 0.752. The molecule has 1 aromatic carbocycles. The van der Waals surface area contributed by atoms with E-state index in [-0.39, 0.29) is 23.8 Å². The molecule has 0 atom stereocenters. The first kappa shape index (κ1) is 14.5. The first-order valence-corrected chi connectivity index (χ1v) is 6.89. The average molecular weight is 271 g/mol. The van der Waals surface area contributed by atoms with Crippen LogP contribution in [0.25, 0.3) is 0 Å². The molecule has 0 bridgehead atoms. The third kappa shape index (κ3) is 3.21. The Hall–Kier alpha value is -1.60. The molecule has 3 N–H and O–H groups in total. The predicted molar refractivity (Wildman–Crippen MR) is 69.0 cm³/mol. The van der Waals surface area contributed by atoms with E-state index in [1.54, 1.807) is 19.1 Å². The lowest BCUT2D eigenvalue weighted by Crippen LogP contribution is -2.38. The number of oxime groups is 1. The summed E-state index contributed by atoms with van der Waals surface area (Å²) >= 11 is 0. The summed E-state index contributed by atoms with van der Waals surface area (Å²) < 4.78 is 25.8. The number of aryl methyl sites for hydroxylation is 1. The van der Waals surface area contributed by atoms with Gasteiger partial charge in [0.15, 0.2) is 5.84 Å².